The zero-order valence-electron chi connectivity index (χ0n) is 13.8. The van der Waals surface area contributed by atoms with E-state index in [9.17, 15) is 9.59 Å². The van der Waals surface area contributed by atoms with Crippen LogP contribution in [0.4, 0.5) is 11.4 Å². The quantitative estimate of drug-likeness (QED) is 0.760. The molecule has 2 rings (SSSR count). The number of carbonyl (C=O) groups excluding carboxylic acids is 2. The molecular formula is C18H21N3O3. The predicted octanol–water partition coefficient (Wildman–Crippen LogP) is 2.54. The van der Waals surface area contributed by atoms with Crippen LogP contribution in [-0.2, 0) is 4.79 Å². The topological polar surface area (TPSA) is 93.4 Å². The van der Waals surface area contributed by atoms with E-state index in [1.54, 1.807) is 24.3 Å². The Balaban J connectivity index is 2.17. The van der Waals surface area contributed by atoms with Crippen LogP contribution in [0.2, 0.25) is 0 Å². The molecule has 126 valence electrons. The minimum absolute atomic E-state index is 0.170. The fourth-order valence-electron chi connectivity index (χ4n) is 2.24. The van der Waals surface area contributed by atoms with Crippen LogP contribution >= 0.6 is 0 Å². The van der Waals surface area contributed by atoms with E-state index in [1.807, 2.05) is 25.1 Å². The van der Waals surface area contributed by atoms with Crippen molar-refractivity contribution in [3.05, 3.63) is 53.6 Å². The first-order valence-corrected chi connectivity index (χ1v) is 7.60. The molecule has 0 atom stereocenters. The number of rotatable bonds is 6. The number of benzene rings is 2. The van der Waals surface area contributed by atoms with Gasteiger partial charge in [0.05, 0.1) is 12.8 Å². The van der Waals surface area contributed by atoms with E-state index in [2.05, 4.69) is 10.6 Å². The standard InChI is InChI=1S/C18H21N3O3/c1-12-5-3-4-6-14(12)18(23)21-15-8-7-13(11-16(15)24-2)20-17(22)9-10-19/h3-8,11H,9-10,19H2,1-2H3,(H,20,22)(H,21,23). The molecule has 0 unspecified atom stereocenters. The summed E-state index contributed by atoms with van der Waals surface area (Å²) in [7, 11) is 1.50. The van der Waals surface area contributed by atoms with Crippen molar-refractivity contribution in [2.45, 2.75) is 13.3 Å². The zero-order valence-corrected chi connectivity index (χ0v) is 13.8. The molecule has 0 heterocycles. The number of hydrogen-bond donors (Lipinski definition) is 3. The van der Waals surface area contributed by atoms with Gasteiger partial charge in [0.1, 0.15) is 5.75 Å². The van der Waals surface area contributed by atoms with Crippen LogP contribution in [0.15, 0.2) is 42.5 Å². The molecular weight excluding hydrogens is 306 g/mol. The molecule has 0 aliphatic heterocycles. The van der Waals surface area contributed by atoms with Crippen molar-refractivity contribution in [2.75, 3.05) is 24.3 Å². The Labute approximate surface area is 141 Å². The highest BCUT2D eigenvalue weighted by atomic mass is 16.5. The van der Waals surface area contributed by atoms with Crippen LogP contribution in [0, 0.1) is 6.92 Å². The van der Waals surface area contributed by atoms with E-state index >= 15 is 0 Å². The van der Waals surface area contributed by atoms with Crippen molar-refractivity contribution in [1.29, 1.82) is 0 Å². The van der Waals surface area contributed by atoms with E-state index in [1.165, 1.54) is 7.11 Å². The third kappa shape index (κ3) is 4.33. The Hall–Kier alpha value is -2.86. The Morgan fingerprint density at radius 2 is 1.88 bits per heavy atom. The van der Waals surface area contributed by atoms with E-state index in [-0.39, 0.29) is 24.8 Å². The number of nitrogens with two attached hydrogens (primary N) is 1. The number of carbonyl (C=O) groups is 2. The van der Waals surface area contributed by atoms with Crippen molar-refractivity contribution in [1.82, 2.24) is 0 Å². The average Bonchev–Trinajstić information content (AvgIpc) is 2.56. The molecule has 0 fully saturated rings. The number of hydrogen-bond acceptors (Lipinski definition) is 4. The zero-order chi connectivity index (χ0) is 17.5. The first kappa shape index (κ1) is 17.5. The van der Waals surface area contributed by atoms with Crippen molar-refractivity contribution in [3.8, 4) is 5.75 Å². The van der Waals surface area contributed by atoms with Crippen LogP contribution in [0.3, 0.4) is 0 Å². The van der Waals surface area contributed by atoms with Crippen LogP contribution in [0.1, 0.15) is 22.3 Å². The number of amides is 2. The molecule has 4 N–H and O–H groups in total. The lowest BCUT2D eigenvalue weighted by Gasteiger charge is -2.13. The average molecular weight is 327 g/mol. The molecule has 0 spiro atoms. The van der Waals surface area contributed by atoms with Crippen molar-refractivity contribution < 1.29 is 14.3 Å². The minimum Gasteiger partial charge on any atom is -0.494 e. The molecule has 6 heteroatoms. The maximum absolute atomic E-state index is 12.4. The van der Waals surface area contributed by atoms with Gasteiger partial charge in [-0.15, -0.1) is 0 Å². The Morgan fingerprint density at radius 1 is 1.12 bits per heavy atom. The summed E-state index contributed by atoms with van der Waals surface area (Å²) in [5, 5.41) is 5.55. The summed E-state index contributed by atoms with van der Waals surface area (Å²) in [5.41, 5.74) is 7.95. The predicted molar refractivity (Wildman–Crippen MR) is 94.4 cm³/mol. The van der Waals surface area contributed by atoms with Crippen LogP contribution in [-0.4, -0.2) is 25.5 Å². The number of aryl methyl sites for hydroxylation is 1. The van der Waals surface area contributed by atoms with Crippen LogP contribution in [0.25, 0.3) is 0 Å². The Bertz CT molecular complexity index is 744. The molecule has 2 amide bonds. The molecule has 0 aliphatic carbocycles. The summed E-state index contributed by atoms with van der Waals surface area (Å²) in [6.07, 6.45) is 0.244. The normalized spacial score (nSPS) is 10.1. The fourth-order valence-corrected chi connectivity index (χ4v) is 2.24. The van der Waals surface area contributed by atoms with Crippen LogP contribution in [0.5, 0.6) is 5.75 Å². The summed E-state index contributed by atoms with van der Waals surface area (Å²) in [6.45, 7) is 2.16. The monoisotopic (exact) mass is 327 g/mol. The second-order valence-corrected chi connectivity index (χ2v) is 5.27. The first-order chi connectivity index (χ1) is 11.5. The van der Waals surface area contributed by atoms with E-state index < -0.39 is 0 Å². The summed E-state index contributed by atoms with van der Waals surface area (Å²) < 4.78 is 5.30. The maximum Gasteiger partial charge on any atom is 0.256 e. The third-order valence-electron chi connectivity index (χ3n) is 3.49. The third-order valence-corrected chi connectivity index (χ3v) is 3.49. The minimum atomic E-state index is -0.216. The second-order valence-electron chi connectivity index (χ2n) is 5.27. The molecule has 2 aromatic carbocycles. The summed E-state index contributed by atoms with van der Waals surface area (Å²) >= 11 is 0. The Kier molecular flexibility index (Phi) is 5.92. The molecule has 24 heavy (non-hydrogen) atoms. The van der Waals surface area contributed by atoms with Gasteiger partial charge in [-0.25, -0.2) is 0 Å². The lowest BCUT2D eigenvalue weighted by molar-refractivity contribution is -0.116. The van der Waals surface area contributed by atoms with Gasteiger partial charge in [-0.05, 0) is 30.7 Å². The molecule has 2 aromatic rings. The van der Waals surface area contributed by atoms with Gasteiger partial charge in [0.15, 0.2) is 0 Å². The highest BCUT2D eigenvalue weighted by Crippen LogP contribution is 2.28. The molecule has 6 nitrogen and oxygen atoms in total. The Morgan fingerprint density at radius 3 is 2.54 bits per heavy atom. The van der Waals surface area contributed by atoms with Crippen molar-refractivity contribution in [2.24, 2.45) is 5.73 Å². The van der Waals surface area contributed by atoms with Gasteiger partial charge in [-0.3, -0.25) is 9.59 Å². The summed E-state index contributed by atoms with van der Waals surface area (Å²) in [4.78, 5) is 24.0. The largest absolute Gasteiger partial charge is 0.494 e. The van der Waals surface area contributed by atoms with Crippen molar-refractivity contribution in [3.63, 3.8) is 0 Å². The van der Waals surface area contributed by atoms with Gasteiger partial charge in [-0.1, -0.05) is 18.2 Å². The molecule has 0 saturated carbocycles. The highest BCUT2D eigenvalue weighted by Gasteiger charge is 2.12. The van der Waals surface area contributed by atoms with Crippen LogP contribution < -0.4 is 21.1 Å². The molecule has 0 bridgehead atoms. The van der Waals surface area contributed by atoms with Gasteiger partial charge in [0.25, 0.3) is 5.91 Å². The number of nitrogens with one attached hydrogen (secondary N) is 2. The lowest BCUT2D eigenvalue weighted by atomic mass is 10.1. The molecule has 0 saturated heterocycles. The molecule has 0 radical (unpaired) electrons. The maximum atomic E-state index is 12.4. The smallest absolute Gasteiger partial charge is 0.256 e. The molecule has 0 aromatic heterocycles. The molecule has 0 aliphatic rings. The van der Waals surface area contributed by atoms with Gasteiger partial charge in [0, 0.05) is 30.3 Å². The lowest BCUT2D eigenvalue weighted by Crippen LogP contribution is -2.17. The van der Waals surface area contributed by atoms with Gasteiger partial charge in [0.2, 0.25) is 5.91 Å². The highest BCUT2D eigenvalue weighted by molar-refractivity contribution is 6.06. The summed E-state index contributed by atoms with van der Waals surface area (Å²) in [5.74, 6) is 0.0741. The van der Waals surface area contributed by atoms with Gasteiger partial charge in [-0.2, -0.15) is 0 Å². The number of methoxy groups -OCH3 is 1. The van der Waals surface area contributed by atoms with E-state index in [0.717, 1.165) is 5.56 Å². The van der Waals surface area contributed by atoms with Crippen molar-refractivity contribution >= 4 is 23.2 Å². The number of ether oxygens (including phenoxy) is 1. The number of anilines is 2. The van der Waals surface area contributed by atoms with E-state index in [0.29, 0.717) is 22.7 Å². The summed E-state index contributed by atoms with van der Waals surface area (Å²) in [6, 6.07) is 12.4. The SMILES string of the molecule is COc1cc(NC(=O)CCN)ccc1NC(=O)c1ccccc1C. The second kappa shape index (κ2) is 8.12. The first-order valence-electron chi connectivity index (χ1n) is 7.60. The van der Waals surface area contributed by atoms with Gasteiger partial charge < -0.3 is 21.1 Å². The fraction of sp³-hybridized carbons (Fsp3) is 0.222. The van der Waals surface area contributed by atoms with E-state index in [4.69, 9.17) is 10.5 Å². The van der Waals surface area contributed by atoms with Gasteiger partial charge >= 0.3 is 0 Å².